The average Bonchev–Trinajstić information content (AvgIpc) is 2.78. The van der Waals surface area contributed by atoms with Gasteiger partial charge in [-0.25, -0.2) is 13.1 Å². The summed E-state index contributed by atoms with van der Waals surface area (Å²) < 4.78 is 27.8. The number of hydrogen-bond donors (Lipinski definition) is 2. The number of benzene rings is 1. The number of thiophene rings is 1. The van der Waals surface area contributed by atoms with Crippen LogP contribution in [-0.4, -0.2) is 15.0 Å². The maximum Gasteiger partial charge on any atom is 0.242 e. The van der Waals surface area contributed by atoms with Gasteiger partial charge in [0.15, 0.2) is 0 Å². The van der Waals surface area contributed by atoms with Crippen LogP contribution in [0.1, 0.15) is 4.88 Å². The van der Waals surface area contributed by atoms with Gasteiger partial charge in [0.05, 0.1) is 8.81 Å². The van der Waals surface area contributed by atoms with E-state index in [1.54, 1.807) is 17.4 Å². The molecule has 0 aliphatic carbocycles. The summed E-state index contributed by atoms with van der Waals surface area (Å²) in [5.41, 5.74) is 5.95. The minimum absolute atomic E-state index is 0.00604. The fourth-order valence-corrected chi connectivity index (χ4v) is 4.65. The van der Waals surface area contributed by atoms with Gasteiger partial charge in [-0.1, -0.05) is 11.6 Å². The molecule has 2 rings (SSSR count). The maximum absolute atomic E-state index is 12.1. The molecule has 2 aromatic rings. The molecule has 0 unspecified atom stereocenters. The molecule has 108 valence electrons. The summed E-state index contributed by atoms with van der Waals surface area (Å²) in [6.45, 7) is 0.306. The van der Waals surface area contributed by atoms with E-state index in [1.165, 1.54) is 12.1 Å². The lowest BCUT2D eigenvalue weighted by Crippen LogP contribution is -2.26. The first kappa shape index (κ1) is 15.8. The molecule has 4 nitrogen and oxygen atoms in total. The first-order valence-electron chi connectivity index (χ1n) is 5.67. The second-order valence-electron chi connectivity index (χ2n) is 4.04. The number of nitrogens with two attached hydrogens (primary N) is 1. The molecule has 1 aromatic heterocycles. The number of sulfonamides is 1. The summed E-state index contributed by atoms with van der Waals surface area (Å²) in [5, 5.41) is 0.158. The molecule has 0 radical (unpaired) electrons. The maximum atomic E-state index is 12.1. The van der Waals surface area contributed by atoms with Crippen LogP contribution in [0.2, 0.25) is 5.02 Å². The standard InChI is InChI=1S/C12H12BrClN2O2S2/c13-12-4-2-9(19-12)5-6-16-20(17,18)11-7-8(15)1-3-10(11)14/h1-4,7,16H,5-6,15H2. The van der Waals surface area contributed by atoms with Gasteiger partial charge in [-0.2, -0.15) is 0 Å². The van der Waals surface area contributed by atoms with Crippen LogP contribution in [0.25, 0.3) is 0 Å². The highest BCUT2D eigenvalue weighted by Crippen LogP contribution is 2.24. The molecule has 20 heavy (non-hydrogen) atoms. The predicted molar refractivity (Wildman–Crippen MR) is 86.8 cm³/mol. The largest absolute Gasteiger partial charge is 0.399 e. The normalized spacial score (nSPS) is 11.7. The van der Waals surface area contributed by atoms with E-state index < -0.39 is 10.0 Å². The fraction of sp³-hybridized carbons (Fsp3) is 0.167. The summed E-state index contributed by atoms with van der Waals surface area (Å²) in [4.78, 5) is 1.10. The first-order valence-corrected chi connectivity index (χ1v) is 9.14. The van der Waals surface area contributed by atoms with Crippen molar-refractivity contribution in [1.82, 2.24) is 4.72 Å². The number of hydrogen-bond acceptors (Lipinski definition) is 4. The fourth-order valence-electron chi connectivity index (χ4n) is 1.60. The third kappa shape index (κ3) is 3.95. The Labute approximate surface area is 135 Å². The van der Waals surface area contributed by atoms with Crippen molar-refractivity contribution in [2.45, 2.75) is 11.3 Å². The van der Waals surface area contributed by atoms with E-state index in [4.69, 9.17) is 17.3 Å². The quantitative estimate of drug-likeness (QED) is 0.763. The van der Waals surface area contributed by atoms with Crippen molar-refractivity contribution in [3.05, 3.63) is 44.0 Å². The second kappa shape index (κ2) is 6.44. The zero-order valence-electron chi connectivity index (χ0n) is 10.3. The molecule has 0 amide bonds. The summed E-state index contributed by atoms with van der Waals surface area (Å²) in [6.07, 6.45) is 0.620. The van der Waals surface area contributed by atoms with Gasteiger partial charge in [0.25, 0.3) is 0 Å². The van der Waals surface area contributed by atoms with E-state index in [1.807, 2.05) is 12.1 Å². The van der Waals surface area contributed by atoms with Crippen LogP contribution >= 0.6 is 38.9 Å². The number of halogens is 2. The van der Waals surface area contributed by atoms with Gasteiger partial charge >= 0.3 is 0 Å². The minimum Gasteiger partial charge on any atom is -0.399 e. The molecule has 0 bridgehead atoms. The van der Waals surface area contributed by atoms with Crippen molar-refractivity contribution < 1.29 is 8.42 Å². The van der Waals surface area contributed by atoms with Crippen LogP contribution in [-0.2, 0) is 16.4 Å². The van der Waals surface area contributed by atoms with Crippen LogP contribution in [0.3, 0.4) is 0 Å². The smallest absolute Gasteiger partial charge is 0.242 e. The molecule has 1 aromatic carbocycles. The minimum atomic E-state index is -3.65. The summed E-state index contributed by atoms with van der Waals surface area (Å²) >= 11 is 10.8. The second-order valence-corrected chi connectivity index (χ2v) is 8.73. The Balaban J connectivity index is 2.06. The number of nitrogen functional groups attached to an aromatic ring is 1. The van der Waals surface area contributed by atoms with Crippen LogP contribution in [0.4, 0.5) is 5.69 Å². The third-order valence-electron chi connectivity index (χ3n) is 2.54. The Morgan fingerprint density at radius 1 is 1.30 bits per heavy atom. The highest BCUT2D eigenvalue weighted by molar-refractivity contribution is 9.11. The van der Waals surface area contributed by atoms with Crippen molar-refractivity contribution in [2.24, 2.45) is 0 Å². The summed E-state index contributed by atoms with van der Waals surface area (Å²) in [7, 11) is -3.65. The molecule has 0 saturated heterocycles. The lowest BCUT2D eigenvalue weighted by atomic mass is 10.3. The van der Waals surface area contributed by atoms with Crippen LogP contribution in [0.5, 0.6) is 0 Å². The highest BCUT2D eigenvalue weighted by atomic mass is 79.9. The van der Waals surface area contributed by atoms with Crippen molar-refractivity contribution >= 4 is 54.6 Å². The molecule has 0 spiro atoms. The molecule has 0 aliphatic rings. The van der Waals surface area contributed by atoms with Gasteiger partial charge in [0.2, 0.25) is 10.0 Å². The van der Waals surface area contributed by atoms with Gasteiger partial charge in [0.1, 0.15) is 4.90 Å². The number of rotatable bonds is 5. The van der Waals surface area contributed by atoms with E-state index in [9.17, 15) is 8.42 Å². The zero-order valence-corrected chi connectivity index (χ0v) is 14.2. The molecule has 0 aliphatic heterocycles. The van der Waals surface area contributed by atoms with Crippen molar-refractivity contribution in [3.63, 3.8) is 0 Å². The molecular weight excluding hydrogens is 384 g/mol. The molecule has 3 N–H and O–H groups in total. The van der Waals surface area contributed by atoms with E-state index in [0.29, 0.717) is 18.7 Å². The average molecular weight is 396 g/mol. The van der Waals surface area contributed by atoms with E-state index in [2.05, 4.69) is 20.7 Å². The van der Waals surface area contributed by atoms with Gasteiger partial charge in [-0.3, -0.25) is 0 Å². The molecule has 8 heteroatoms. The summed E-state index contributed by atoms with van der Waals surface area (Å²) in [5.74, 6) is 0. The monoisotopic (exact) mass is 394 g/mol. The van der Waals surface area contributed by atoms with Gasteiger partial charge < -0.3 is 5.73 Å². The Bertz CT molecular complexity index is 716. The van der Waals surface area contributed by atoms with Crippen LogP contribution in [0.15, 0.2) is 39.0 Å². The SMILES string of the molecule is Nc1ccc(Cl)c(S(=O)(=O)NCCc2ccc(Br)s2)c1. The van der Waals surface area contributed by atoms with Crippen molar-refractivity contribution in [2.75, 3.05) is 12.3 Å². The molecule has 0 atom stereocenters. The topological polar surface area (TPSA) is 72.2 Å². The van der Waals surface area contributed by atoms with Crippen LogP contribution < -0.4 is 10.5 Å². The Hall–Kier alpha value is -0.600. The van der Waals surface area contributed by atoms with Gasteiger partial charge in [-0.05, 0) is 52.7 Å². The van der Waals surface area contributed by atoms with E-state index in [0.717, 1.165) is 8.66 Å². The molecular formula is C12H12BrClN2O2S2. The molecule has 1 heterocycles. The molecule has 0 saturated carbocycles. The Morgan fingerprint density at radius 2 is 2.05 bits per heavy atom. The lowest BCUT2D eigenvalue weighted by Gasteiger charge is -2.08. The molecule has 0 fully saturated rings. The summed E-state index contributed by atoms with van der Waals surface area (Å²) in [6, 6.07) is 8.28. The number of anilines is 1. The number of nitrogens with one attached hydrogen (secondary N) is 1. The third-order valence-corrected chi connectivity index (χ3v) is 6.16. The highest BCUT2D eigenvalue weighted by Gasteiger charge is 2.17. The van der Waals surface area contributed by atoms with Gasteiger partial charge in [-0.15, -0.1) is 11.3 Å². The van der Waals surface area contributed by atoms with Crippen LogP contribution in [0, 0.1) is 0 Å². The van der Waals surface area contributed by atoms with Crippen molar-refractivity contribution in [3.8, 4) is 0 Å². The predicted octanol–water partition coefficient (Wildman–Crippen LogP) is 3.27. The Morgan fingerprint density at radius 3 is 2.70 bits per heavy atom. The zero-order chi connectivity index (χ0) is 14.8. The lowest BCUT2D eigenvalue weighted by molar-refractivity contribution is 0.582. The first-order chi connectivity index (χ1) is 9.38. The van der Waals surface area contributed by atoms with E-state index >= 15 is 0 Å². The van der Waals surface area contributed by atoms with E-state index in [-0.39, 0.29) is 9.92 Å². The van der Waals surface area contributed by atoms with Gasteiger partial charge in [0, 0.05) is 17.1 Å². The van der Waals surface area contributed by atoms with Crippen molar-refractivity contribution in [1.29, 1.82) is 0 Å². The Kier molecular flexibility index (Phi) is 5.09.